The number of alkyl halides is 1. The molecule has 0 fully saturated rings. The van der Waals surface area contributed by atoms with Gasteiger partial charge in [-0.3, -0.25) is 4.84 Å². The maximum Gasteiger partial charge on any atom is 0.0841 e. The molecule has 0 aromatic rings. The Kier molecular flexibility index (Phi) is 10.5. The molecule has 0 bridgehead atoms. The smallest absolute Gasteiger partial charge is 0.0841 e. The lowest BCUT2D eigenvalue weighted by Crippen LogP contribution is -2.43. The minimum Gasteiger partial charge on any atom is -0.304 e. The van der Waals surface area contributed by atoms with Crippen molar-refractivity contribution in [3.63, 3.8) is 0 Å². The van der Waals surface area contributed by atoms with E-state index in [1.165, 1.54) is 4.58 Å². The van der Waals surface area contributed by atoms with E-state index in [9.17, 15) is 0 Å². The number of hydrazine groups is 1. The highest BCUT2D eigenvalue weighted by Gasteiger charge is 2.07. The van der Waals surface area contributed by atoms with E-state index < -0.39 is 0 Å². The molecule has 0 radical (unpaired) electrons. The SMILES string of the molecule is CN(CCCl)CCN(C)N(C)CCON(C)Cl. The summed E-state index contributed by atoms with van der Waals surface area (Å²) in [7, 11) is 7.81. The summed E-state index contributed by atoms with van der Waals surface area (Å²) in [4.78, 5) is 7.34. The minimum atomic E-state index is 0.568. The van der Waals surface area contributed by atoms with E-state index in [1.807, 2.05) is 7.05 Å². The number of rotatable bonds is 10. The predicted molar refractivity (Wildman–Crippen MR) is 73.0 cm³/mol. The summed E-state index contributed by atoms with van der Waals surface area (Å²) in [6.45, 7) is 4.23. The number of hydrogen-bond donors (Lipinski definition) is 0. The number of likely N-dealkylation sites (N-methyl/N-ethyl adjacent to an activating group) is 3. The van der Waals surface area contributed by atoms with Crippen molar-refractivity contribution >= 4 is 23.4 Å². The van der Waals surface area contributed by atoms with E-state index in [1.54, 1.807) is 7.05 Å². The quantitative estimate of drug-likeness (QED) is 0.338. The zero-order chi connectivity index (χ0) is 13.3. The molecule has 5 nitrogen and oxygen atoms in total. The molecule has 0 spiro atoms. The van der Waals surface area contributed by atoms with Crippen LogP contribution in [0.25, 0.3) is 0 Å². The van der Waals surface area contributed by atoms with Gasteiger partial charge >= 0.3 is 0 Å². The van der Waals surface area contributed by atoms with Crippen molar-refractivity contribution in [3.05, 3.63) is 0 Å². The topological polar surface area (TPSA) is 22.2 Å². The normalized spacial score (nSPS) is 12.4. The summed E-state index contributed by atoms with van der Waals surface area (Å²) >= 11 is 11.2. The largest absolute Gasteiger partial charge is 0.304 e. The van der Waals surface area contributed by atoms with Gasteiger partial charge in [0, 0.05) is 65.0 Å². The monoisotopic (exact) mass is 286 g/mol. The van der Waals surface area contributed by atoms with Gasteiger partial charge in [-0.05, 0) is 7.05 Å². The van der Waals surface area contributed by atoms with Gasteiger partial charge in [-0.15, -0.1) is 16.2 Å². The van der Waals surface area contributed by atoms with Gasteiger partial charge in [0.1, 0.15) is 0 Å². The van der Waals surface area contributed by atoms with Gasteiger partial charge in [0.15, 0.2) is 0 Å². The molecule has 0 heterocycles. The van der Waals surface area contributed by atoms with Crippen molar-refractivity contribution in [3.8, 4) is 0 Å². The van der Waals surface area contributed by atoms with Crippen molar-refractivity contribution in [2.24, 2.45) is 0 Å². The molecule has 17 heavy (non-hydrogen) atoms. The van der Waals surface area contributed by atoms with E-state index in [4.69, 9.17) is 28.2 Å². The van der Waals surface area contributed by atoms with Crippen molar-refractivity contribution < 1.29 is 4.84 Å². The minimum absolute atomic E-state index is 0.568. The van der Waals surface area contributed by atoms with Crippen LogP contribution in [0.1, 0.15) is 0 Å². The lowest BCUT2D eigenvalue weighted by Gasteiger charge is -2.29. The van der Waals surface area contributed by atoms with Crippen LogP contribution in [0.15, 0.2) is 0 Å². The second kappa shape index (κ2) is 10.3. The van der Waals surface area contributed by atoms with Gasteiger partial charge in [-0.25, -0.2) is 10.0 Å². The maximum atomic E-state index is 5.67. The van der Waals surface area contributed by atoms with Crippen LogP contribution in [0.2, 0.25) is 0 Å². The molecule has 0 saturated heterocycles. The fraction of sp³-hybridized carbons (Fsp3) is 1.00. The van der Waals surface area contributed by atoms with E-state index in [0.29, 0.717) is 12.5 Å². The fourth-order valence-corrected chi connectivity index (χ4v) is 1.57. The van der Waals surface area contributed by atoms with Crippen molar-refractivity contribution in [1.29, 1.82) is 0 Å². The van der Waals surface area contributed by atoms with Crippen LogP contribution in [-0.4, -0.2) is 86.4 Å². The summed E-state index contributed by atoms with van der Waals surface area (Å²) in [5.41, 5.74) is 0. The molecule has 0 rings (SSSR count). The Morgan fingerprint density at radius 1 is 0.882 bits per heavy atom. The first-order valence-electron chi connectivity index (χ1n) is 5.66. The molecule has 0 atom stereocenters. The zero-order valence-corrected chi connectivity index (χ0v) is 12.7. The standard InChI is InChI=1S/C10H24Cl2N4O/c1-13(6-5-11)7-8-14(2)15(3)9-10-17-16(4)12/h5-10H2,1-4H3. The molecule has 0 aliphatic rings. The van der Waals surface area contributed by atoms with Gasteiger partial charge in [-0.2, -0.15) is 0 Å². The van der Waals surface area contributed by atoms with Crippen molar-refractivity contribution in [2.75, 3.05) is 66.9 Å². The van der Waals surface area contributed by atoms with Crippen LogP contribution in [-0.2, 0) is 4.84 Å². The Morgan fingerprint density at radius 2 is 1.47 bits per heavy atom. The van der Waals surface area contributed by atoms with Gasteiger partial charge < -0.3 is 4.90 Å². The summed E-state index contributed by atoms with van der Waals surface area (Å²) in [6.07, 6.45) is 0. The molecule has 0 aliphatic carbocycles. The van der Waals surface area contributed by atoms with Gasteiger partial charge in [0.2, 0.25) is 0 Å². The molecule has 7 heteroatoms. The number of halogens is 2. The highest BCUT2D eigenvalue weighted by molar-refractivity contribution is 6.18. The van der Waals surface area contributed by atoms with Crippen molar-refractivity contribution in [1.82, 2.24) is 19.5 Å². The molecule has 0 amide bonds. The Bertz CT molecular complexity index is 186. The molecule has 0 aliphatic heterocycles. The molecule has 0 aromatic heterocycles. The molecule has 104 valence electrons. The average Bonchev–Trinajstić information content (AvgIpc) is 2.25. The average molecular weight is 287 g/mol. The second-order valence-electron chi connectivity index (χ2n) is 4.01. The lowest BCUT2D eigenvalue weighted by molar-refractivity contribution is -0.0896. The van der Waals surface area contributed by atoms with Crippen LogP contribution < -0.4 is 0 Å². The second-order valence-corrected chi connectivity index (χ2v) is 4.86. The highest BCUT2D eigenvalue weighted by Crippen LogP contribution is 1.95. The summed E-state index contributed by atoms with van der Waals surface area (Å²) in [6, 6.07) is 0. The Labute approximate surface area is 115 Å². The van der Waals surface area contributed by atoms with E-state index >= 15 is 0 Å². The third-order valence-corrected chi connectivity index (χ3v) is 2.81. The van der Waals surface area contributed by atoms with E-state index in [-0.39, 0.29) is 0 Å². The van der Waals surface area contributed by atoms with Gasteiger partial charge in [0.05, 0.1) is 6.61 Å². The van der Waals surface area contributed by atoms with Crippen LogP contribution in [0.5, 0.6) is 0 Å². The zero-order valence-electron chi connectivity index (χ0n) is 11.2. The van der Waals surface area contributed by atoms with Crippen LogP contribution in [0, 0.1) is 0 Å². The molecule has 0 saturated carbocycles. The molecule has 0 N–H and O–H groups in total. The van der Waals surface area contributed by atoms with Crippen LogP contribution >= 0.6 is 23.4 Å². The van der Waals surface area contributed by atoms with E-state index in [2.05, 4.69) is 29.0 Å². The first-order valence-corrected chi connectivity index (χ1v) is 6.53. The van der Waals surface area contributed by atoms with Crippen molar-refractivity contribution in [2.45, 2.75) is 0 Å². The fourth-order valence-electron chi connectivity index (χ4n) is 1.21. The van der Waals surface area contributed by atoms with E-state index in [0.717, 1.165) is 26.2 Å². The number of nitrogens with zero attached hydrogens (tertiary/aromatic N) is 4. The first kappa shape index (κ1) is 17.4. The van der Waals surface area contributed by atoms with Gasteiger partial charge in [0.25, 0.3) is 0 Å². The predicted octanol–water partition coefficient (Wildman–Crippen LogP) is 0.953. The molecular formula is C10H24Cl2N4O. The summed E-state index contributed by atoms with van der Waals surface area (Å²) < 4.78 is 1.20. The summed E-state index contributed by atoms with van der Waals surface area (Å²) in [5.74, 6) is 0.673. The Hall–Kier alpha value is 0.380. The van der Waals surface area contributed by atoms with Crippen LogP contribution in [0.4, 0.5) is 0 Å². The molecular weight excluding hydrogens is 263 g/mol. The molecule has 0 aromatic carbocycles. The Balaban J connectivity index is 3.62. The third kappa shape index (κ3) is 10.0. The third-order valence-electron chi connectivity index (χ3n) is 2.54. The first-order chi connectivity index (χ1) is 7.97. The summed E-state index contributed by atoms with van der Waals surface area (Å²) in [5, 5.41) is 4.26. The molecule has 0 unspecified atom stereocenters. The van der Waals surface area contributed by atoms with Crippen LogP contribution in [0.3, 0.4) is 0 Å². The lowest BCUT2D eigenvalue weighted by atomic mass is 10.5. The Morgan fingerprint density at radius 3 is 2.00 bits per heavy atom. The number of hydrogen-bond acceptors (Lipinski definition) is 5. The maximum absolute atomic E-state index is 5.67. The van der Waals surface area contributed by atoms with Gasteiger partial charge in [-0.1, -0.05) is 0 Å². The highest BCUT2D eigenvalue weighted by atomic mass is 35.5. The number of hydroxylamine groups is 1.